The van der Waals surface area contributed by atoms with Crippen molar-refractivity contribution < 1.29 is 18.7 Å². The fourth-order valence-corrected chi connectivity index (χ4v) is 6.02. The molecule has 0 aliphatic carbocycles. The quantitative estimate of drug-likeness (QED) is 0.117. The summed E-state index contributed by atoms with van der Waals surface area (Å²) in [6.45, 7) is 22.1. The second-order valence-electron chi connectivity index (χ2n) is 14.1. The maximum Gasteiger partial charge on any atom is 0.314 e. The Morgan fingerprint density at radius 3 is 2.26 bits per heavy atom. The van der Waals surface area contributed by atoms with Crippen molar-refractivity contribution in [3.05, 3.63) is 128 Å². The van der Waals surface area contributed by atoms with E-state index >= 15 is 4.39 Å². The normalized spacial score (nSPS) is 12.2. The molecule has 0 bridgehead atoms. The first-order chi connectivity index (χ1) is 25.1. The Hall–Kier alpha value is -5.04. The van der Waals surface area contributed by atoms with Gasteiger partial charge in [0, 0.05) is 11.1 Å². The van der Waals surface area contributed by atoms with Crippen LogP contribution in [0.3, 0.4) is 0 Å². The number of hydrogen-bond acceptors (Lipinski definition) is 4. The lowest BCUT2D eigenvalue weighted by Crippen LogP contribution is -2.34. The van der Waals surface area contributed by atoms with Crippen molar-refractivity contribution in [2.24, 2.45) is 0 Å². The number of anilines is 1. The summed E-state index contributed by atoms with van der Waals surface area (Å²) in [7, 11) is 0. The molecule has 276 valence electrons. The molecular weight excluding hydrogens is 714 g/mol. The van der Waals surface area contributed by atoms with Gasteiger partial charge in [0.15, 0.2) is 23.4 Å². The van der Waals surface area contributed by atoms with Gasteiger partial charge in [-0.1, -0.05) is 108 Å². The van der Waals surface area contributed by atoms with Crippen molar-refractivity contribution in [3.8, 4) is 34.2 Å². The van der Waals surface area contributed by atoms with E-state index in [0.29, 0.717) is 34.1 Å². The molecule has 1 atom stereocenters. The number of carbonyl (C=O) groups excluding carboxylic acids is 1. The Bertz CT molecular complexity index is 2250. The number of benzene rings is 4. The van der Waals surface area contributed by atoms with E-state index in [9.17, 15) is 9.59 Å². The minimum absolute atomic E-state index is 0.0277. The van der Waals surface area contributed by atoms with Gasteiger partial charge in [0.2, 0.25) is 5.75 Å². The Labute approximate surface area is 319 Å². The molecule has 1 heterocycles. The average molecular weight is 758 g/mol. The number of rotatable bonds is 13. The van der Waals surface area contributed by atoms with Crippen LogP contribution in [-0.4, -0.2) is 21.8 Å². The highest BCUT2D eigenvalue weighted by atomic mass is 35.5. The zero-order valence-corrected chi connectivity index (χ0v) is 32.4. The molecule has 0 saturated carbocycles. The summed E-state index contributed by atoms with van der Waals surface area (Å²) in [6.07, 6.45) is 1.36. The fourth-order valence-electron chi connectivity index (χ4n) is 5.73. The van der Waals surface area contributed by atoms with E-state index in [-0.39, 0.29) is 38.7 Å². The summed E-state index contributed by atoms with van der Waals surface area (Å²) in [5.41, 5.74) is 2.63. The lowest BCUT2D eigenvalue weighted by atomic mass is 9.76. The molecule has 2 N–H and O–H groups in total. The largest absolute Gasteiger partial charge is 0.480 e. The topological polar surface area (TPSA) is 89.7 Å². The maximum atomic E-state index is 15.0. The number of halogens is 3. The van der Waals surface area contributed by atoms with Gasteiger partial charge in [0.05, 0.1) is 28.0 Å². The van der Waals surface area contributed by atoms with Crippen LogP contribution in [0.5, 0.6) is 17.2 Å². The summed E-state index contributed by atoms with van der Waals surface area (Å²) in [6, 6.07) is 21.4. The Morgan fingerprint density at radius 1 is 0.925 bits per heavy atom. The van der Waals surface area contributed by atoms with Crippen molar-refractivity contribution in [1.82, 2.24) is 9.78 Å². The number of aromatic nitrogens is 2. The van der Waals surface area contributed by atoms with Crippen LogP contribution < -0.4 is 20.3 Å². The molecule has 11 heteroatoms. The highest BCUT2D eigenvalue weighted by Crippen LogP contribution is 2.40. The van der Waals surface area contributed by atoms with E-state index < -0.39 is 23.4 Å². The van der Waals surface area contributed by atoms with Gasteiger partial charge in [-0.25, -0.2) is 13.9 Å². The molecule has 5 rings (SSSR count). The maximum absolute atomic E-state index is 15.0. The average Bonchev–Trinajstić information content (AvgIpc) is 3.47. The number of aromatic amines is 1. The highest BCUT2D eigenvalue weighted by Gasteiger charge is 2.30. The van der Waals surface area contributed by atoms with Crippen LogP contribution in [0.1, 0.15) is 78.9 Å². The molecule has 8 nitrogen and oxygen atoms in total. The molecule has 1 aromatic heterocycles. The van der Waals surface area contributed by atoms with Crippen LogP contribution in [0.25, 0.3) is 21.8 Å². The first kappa shape index (κ1) is 39.2. The van der Waals surface area contributed by atoms with E-state index in [1.807, 2.05) is 13.0 Å². The Morgan fingerprint density at radius 2 is 1.62 bits per heavy atom. The summed E-state index contributed by atoms with van der Waals surface area (Å²) >= 11 is 12.5. The van der Waals surface area contributed by atoms with Gasteiger partial charge in [-0.2, -0.15) is 0 Å². The fraction of sp³-hybridized carbons (Fsp3) is 0.310. The third-order valence-electron chi connectivity index (χ3n) is 9.91. The lowest BCUT2D eigenvalue weighted by Gasteiger charge is -2.31. The number of nitrogens with zero attached hydrogens (tertiary/aromatic N) is 2. The molecule has 1 amide bonds. The number of para-hydroxylation sites is 2. The van der Waals surface area contributed by atoms with Crippen LogP contribution in [0, 0.1) is 12.4 Å². The van der Waals surface area contributed by atoms with E-state index in [4.69, 9.17) is 39.2 Å². The SMILES string of the molecule is [C-]#[N+]c1ccc(Oc2c(-c3ccc(Cl)c(Cl)c3)[nH]n(-c3ccccc3NC(=O)C(CC)Oc3ccc(C(C)(C)CC)cc3C(C)(C)CC)c2=O)c(F)c1. The summed E-state index contributed by atoms with van der Waals surface area (Å²) in [5, 5.41) is 6.56. The minimum atomic E-state index is -0.855. The molecule has 0 saturated heterocycles. The second-order valence-corrected chi connectivity index (χ2v) is 14.9. The van der Waals surface area contributed by atoms with Crippen molar-refractivity contribution in [2.75, 3.05) is 5.32 Å². The minimum Gasteiger partial charge on any atom is -0.480 e. The number of amides is 1. The van der Waals surface area contributed by atoms with Gasteiger partial charge >= 0.3 is 5.56 Å². The van der Waals surface area contributed by atoms with Crippen LogP contribution in [0.2, 0.25) is 10.0 Å². The molecule has 0 fully saturated rings. The van der Waals surface area contributed by atoms with Gasteiger partial charge in [-0.15, -0.1) is 0 Å². The molecule has 53 heavy (non-hydrogen) atoms. The van der Waals surface area contributed by atoms with Crippen molar-refractivity contribution in [1.29, 1.82) is 0 Å². The van der Waals surface area contributed by atoms with Crippen LogP contribution in [-0.2, 0) is 15.6 Å². The summed E-state index contributed by atoms with van der Waals surface area (Å²) < 4.78 is 28.6. The van der Waals surface area contributed by atoms with E-state index in [1.165, 1.54) is 22.4 Å². The third kappa shape index (κ3) is 8.30. The molecule has 0 aliphatic heterocycles. The second kappa shape index (κ2) is 15.9. The molecule has 0 spiro atoms. The Balaban J connectivity index is 1.53. The predicted molar refractivity (Wildman–Crippen MR) is 211 cm³/mol. The zero-order valence-electron chi connectivity index (χ0n) is 30.9. The van der Waals surface area contributed by atoms with Gasteiger partial charge in [-0.05, 0) is 78.1 Å². The van der Waals surface area contributed by atoms with Crippen LogP contribution >= 0.6 is 23.2 Å². The predicted octanol–water partition coefficient (Wildman–Crippen LogP) is 11.8. The van der Waals surface area contributed by atoms with Gasteiger partial charge < -0.3 is 14.8 Å². The highest BCUT2D eigenvalue weighted by molar-refractivity contribution is 6.42. The molecule has 5 aromatic rings. The number of nitrogens with one attached hydrogen (secondary N) is 2. The van der Waals surface area contributed by atoms with Gasteiger partial charge in [-0.3, -0.25) is 14.7 Å². The standard InChI is InChI=1S/C42H43Cl2FN4O4/c1-9-34(52-35-20-17-26(41(4,5)10-2)23-28(35)42(6,7)11-3)39(50)47-32-14-12-13-15-33(32)49-40(51)38(53-36-21-18-27(46-8)24-31(36)45)37(48-49)25-16-19-29(43)30(44)22-25/h12-24,34,48H,9-11H2,1-7H3,(H,47,50). The van der Waals surface area contributed by atoms with Gasteiger partial charge in [0.25, 0.3) is 5.91 Å². The molecular formula is C42H43Cl2FN4O4. The van der Waals surface area contributed by atoms with E-state index in [2.05, 4.69) is 68.9 Å². The van der Waals surface area contributed by atoms with Crippen LogP contribution in [0.15, 0.2) is 83.7 Å². The third-order valence-corrected chi connectivity index (χ3v) is 10.6. The summed E-state index contributed by atoms with van der Waals surface area (Å²) in [5.74, 6) is -1.08. The number of carbonyl (C=O) groups is 1. The van der Waals surface area contributed by atoms with E-state index in [0.717, 1.165) is 24.5 Å². The molecule has 0 radical (unpaired) electrons. The zero-order chi connectivity index (χ0) is 38.7. The molecule has 1 unspecified atom stereocenters. The number of H-pyrrole nitrogens is 1. The smallest absolute Gasteiger partial charge is 0.314 e. The van der Waals surface area contributed by atoms with E-state index in [1.54, 1.807) is 42.5 Å². The monoisotopic (exact) mass is 756 g/mol. The van der Waals surface area contributed by atoms with Crippen molar-refractivity contribution >= 4 is 40.5 Å². The number of ether oxygens (including phenoxy) is 2. The van der Waals surface area contributed by atoms with Crippen molar-refractivity contribution in [3.63, 3.8) is 0 Å². The van der Waals surface area contributed by atoms with Crippen molar-refractivity contribution in [2.45, 2.75) is 84.7 Å². The first-order valence-electron chi connectivity index (χ1n) is 17.5. The van der Waals surface area contributed by atoms with Gasteiger partial charge in [0.1, 0.15) is 11.4 Å². The molecule has 0 aliphatic rings. The Kier molecular flexibility index (Phi) is 11.8. The first-order valence-corrected chi connectivity index (χ1v) is 18.3. The molecule has 4 aromatic carbocycles. The number of hydrogen-bond donors (Lipinski definition) is 2. The summed E-state index contributed by atoms with van der Waals surface area (Å²) in [4.78, 5) is 31.4. The lowest BCUT2D eigenvalue weighted by molar-refractivity contribution is -0.122. The van der Waals surface area contributed by atoms with Crippen LogP contribution in [0.4, 0.5) is 15.8 Å².